The van der Waals surface area contributed by atoms with E-state index in [1.807, 2.05) is 30.3 Å². The van der Waals surface area contributed by atoms with Crippen LogP contribution in [0.4, 0.5) is 0 Å². The molecule has 126 valence electrons. The lowest BCUT2D eigenvalue weighted by atomic mass is 9.89. The molecule has 8 heteroatoms. The van der Waals surface area contributed by atoms with Crippen molar-refractivity contribution >= 4 is 15.9 Å². The first-order chi connectivity index (χ1) is 11.5. The molecule has 2 N–H and O–H groups in total. The van der Waals surface area contributed by atoms with E-state index in [0.717, 1.165) is 18.5 Å². The van der Waals surface area contributed by atoms with Gasteiger partial charge in [-0.3, -0.25) is 4.79 Å². The number of sulfonamides is 1. The van der Waals surface area contributed by atoms with Gasteiger partial charge in [0.25, 0.3) is 10.0 Å². The minimum Gasteiger partial charge on any atom is -0.310 e. The summed E-state index contributed by atoms with van der Waals surface area (Å²) in [6, 6.07) is 11.0. The van der Waals surface area contributed by atoms with Gasteiger partial charge >= 0.3 is 0 Å². The summed E-state index contributed by atoms with van der Waals surface area (Å²) in [6.45, 7) is 0. The third-order valence-corrected chi connectivity index (χ3v) is 5.97. The molecule has 4 rings (SSSR count). The van der Waals surface area contributed by atoms with Crippen LogP contribution in [0, 0.1) is 5.92 Å². The summed E-state index contributed by atoms with van der Waals surface area (Å²) < 4.78 is 28.5. The molecule has 2 fully saturated rings. The predicted octanol–water partition coefficient (Wildman–Crippen LogP) is 0.818. The monoisotopic (exact) mass is 346 g/mol. The van der Waals surface area contributed by atoms with Crippen LogP contribution in [0.15, 0.2) is 47.6 Å². The van der Waals surface area contributed by atoms with Crippen LogP contribution in [0.2, 0.25) is 0 Å². The van der Waals surface area contributed by atoms with Crippen molar-refractivity contribution in [2.75, 3.05) is 0 Å². The van der Waals surface area contributed by atoms with E-state index in [2.05, 4.69) is 15.1 Å². The molecule has 1 amide bonds. The highest BCUT2D eigenvalue weighted by atomic mass is 32.2. The van der Waals surface area contributed by atoms with Crippen LogP contribution in [-0.4, -0.2) is 36.2 Å². The van der Waals surface area contributed by atoms with Gasteiger partial charge in [0.15, 0.2) is 5.03 Å². The molecule has 0 spiro atoms. The van der Waals surface area contributed by atoms with Gasteiger partial charge in [0.05, 0.1) is 11.6 Å². The minimum atomic E-state index is -3.96. The predicted molar refractivity (Wildman–Crippen MR) is 86.9 cm³/mol. The van der Waals surface area contributed by atoms with Crippen LogP contribution in [0.5, 0.6) is 0 Å². The molecule has 2 saturated heterocycles. The molecule has 3 heterocycles. The van der Waals surface area contributed by atoms with Crippen molar-refractivity contribution in [3.63, 3.8) is 0 Å². The number of carbonyl (C=O) groups is 1. The normalized spacial score (nSPS) is 25.8. The van der Waals surface area contributed by atoms with Crippen molar-refractivity contribution in [2.24, 2.45) is 5.92 Å². The van der Waals surface area contributed by atoms with E-state index in [4.69, 9.17) is 0 Å². The Labute approximate surface area is 140 Å². The topological polar surface area (TPSA) is 93.1 Å². The van der Waals surface area contributed by atoms with Crippen LogP contribution in [0.3, 0.4) is 0 Å². The second-order valence-electron chi connectivity index (χ2n) is 6.29. The summed E-state index contributed by atoms with van der Waals surface area (Å²) in [7, 11) is -3.96. The van der Waals surface area contributed by atoms with E-state index in [-0.39, 0.29) is 17.0 Å². The molecular weight excluding hydrogens is 328 g/mol. The molecule has 0 aliphatic carbocycles. The molecule has 0 saturated carbocycles. The third-order valence-electron chi connectivity index (χ3n) is 4.73. The summed E-state index contributed by atoms with van der Waals surface area (Å²) in [5, 5.41) is 7.26. The van der Waals surface area contributed by atoms with Crippen molar-refractivity contribution in [1.29, 1.82) is 0 Å². The van der Waals surface area contributed by atoms with Crippen molar-refractivity contribution in [3.05, 3.63) is 42.6 Å². The second-order valence-corrected chi connectivity index (χ2v) is 7.92. The maximum Gasteiger partial charge on any atom is 0.283 e. The molecule has 1 aromatic carbocycles. The maximum atomic E-state index is 12.4. The Bertz CT molecular complexity index is 862. The van der Waals surface area contributed by atoms with E-state index in [1.165, 1.54) is 10.7 Å². The molecule has 2 aromatic rings. The smallest absolute Gasteiger partial charge is 0.283 e. The number of aromatic nitrogens is 2. The van der Waals surface area contributed by atoms with Crippen molar-refractivity contribution in [3.8, 4) is 5.69 Å². The molecule has 1 aromatic heterocycles. The zero-order valence-corrected chi connectivity index (χ0v) is 13.7. The van der Waals surface area contributed by atoms with Crippen molar-refractivity contribution < 1.29 is 13.2 Å². The molecular formula is C16H18N4O3S. The van der Waals surface area contributed by atoms with Crippen LogP contribution >= 0.6 is 0 Å². The average molecular weight is 346 g/mol. The minimum absolute atomic E-state index is 0.0899. The molecule has 2 aliphatic rings. The van der Waals surface area contributed by atoms with Crippen molar-refractivity contribution in [2.45, 2.75) is 36.4 Å². The Kier molecular flexibility index (Phi) is 3.65. The van der Waals surface area contributed by atoms with E-state index in [0.29, 0.717) is 12.5 Å². The van der Waals surface area contributed by atoms with Crippen LogP contribution in [-0.2, 0) is 14.8 Å². The van der Waals surface area contributed by atoms with Gasteiger partial charge in [-0.05, 0) is 37.5 Å². The molecule has 24 heavy (non-hydrogen) atoms. The van der Waals surface area contributed by atoms with E-state index in [1.54, 1.807) is 6.20 Å². The summed E-state index contributed by atoms with van der Waals surface area (Å²) in [4.78, 5) is 12.3. The number of amides is 1. The third kappa shape index (κ3) is 2.71. The lowest BCUT2D eigenvalue weighted by molar-refractivity contribution is -0.123. The van der Waals surface area contributed by atoms with Gasteiger partial charge in [-0.2, -0.15) is 13.5 Å². The van der Waals surface area contributed by atoms with Gasteiger partial charge in [-0.1, -0.05) is 18.2 Å². The van der Waals surface area contributed by atoms with Gasteiger partial charge < -0.3 is 5.32 Å². The SMILES string of the molecule is O=C(NS(=O)(=O)c1ccn(-c2ccccc2)n1)[C@@H]1C[C@H]2CC[C@@H]1N2. The summed E-state index contributed by atoms with van der Waals surface area (Å²) >= 11 is 0. The first kappa shape index (κ1) is 15.3. The lowest BCUT2D eigenvalue weighted by Crippen LogP contribution is -2.40. The van der Waals surface area contributed by atoms with Gasteiger partial charge in [0, 0.05) is 18.3 Å². The number of fused-ring (bicyclic) bond motifs is 2. The zero-order chi connectivity index (χ0) is 16.7. The van der Waals surface area contributed by atoms with Crippen molar-refractivity contribution in [1.82, 2.24) is 19.8 Å². The Morgan fingerprint density at radius 1 is 1.21 bits per heavy atom. The highest BCUT2D eigenvalue weighted by Gasteiger charge is 2.43. The number of para-hydroxylation sites is 1. The van der Waals surface area contributed by atoms with Gasteiger partial charge in [-0.15, -0.1) is 0 Å². The fourth-order valence-corrected chi connectivity index (χ4v) is 4.51. The van der Waals surface area contributed by atoms with E-state index < -0.39 is 15.9 Å². The standard InChI is InChI=1S/C16H18N4O3S/c21-16(13-10-11-6-7-14(13)17-11)19-24(22,23)15-8-9-20(18-15)12-4-2-1-3-5-12/h1-5,8-9,11,13-14,17H,6-7,10H2,(H,19,21)/t11-,13-,14+/m1/s1. The van der Waals surface area contributed by atoms with E-state index >= 15 is 0 Å². The summed E-state index contributed by atoms with van der Waals surface area (Å²) in [5.74, 6) is -0.723. The number of nitrogens with zero attached hydrogens (tertiary/aromatic N) is 2. The van der Waals surface area contributed by atoms with Gasteiger partial charge in [-0.25, -0.2) is 9.40 Å². The number of carbonyl (C=O) groups excluding carboxylic acids is 1. The van der Waals surface area contributed by atoms with E-state index in [9.17, 15) is 13.2 Å². The van der Waals surface area contributed by atoms with Crippen LogP contribution in [0.25, 0.3) is 5.69 Å². The molecule has 0 unspecified atom stereocenters. The number of rotatable bonds is 4. The van der Waals surface area contributed by atoms with Crippen LogP contribution < -0.4 is 10.0 Å². The fraction of sp³-hybridized carbons (Fsp3) is 0.375. The first-order valence-corrected chi connectivity index (χ1v) is 9.45. The highest BCUT2D eigenvalue weighted by Crippen LogP contribution is 2.33. The second kappa shape index (κ2) is 5.71. The summed E-state index contributed by atoms with van der Waals surface area (Å²) in [6.07, 6.45) is 4.24. The molecule has 2 bridgehead atoms. The van der Waals surface area contributed by atoms with Gasteiger partial charge in [0.1, 0.15) is 0 Å². The zero-order valence-electron chi connectivity index (χ0n) is 12.9. The quantitative estimate of drug-likeness (QED) is 0.855. The Hall–Kier alpha value is -2.19. The lowest BCUT2D eigenvalue weighted by Gasteiger charge is -2.18. The Morgan fingerprint density at radius 3 is 2.67 bits per heavy atom. The summed E-state index contributed by atoms with van der Waals surface area (Å²) in [5.41, 5.74) is 0.752. The maximum absolute atomic E-state index is 12.4. The number of nitrogens with one attached hydrogen (secondary N) is 2. The molecule has 0 radical (unpaired) electrons. The Morgan fingerprint density at radius 2 is 2.00 bits per heavy atom. The van der Waals surface area contributed by atoms with Gasteiger partial charge in [0.2, 0.25) is 5.91 Å². The molecule has 2 aliphatic heterocycles. The number of hydrogen-bond donors (Lipinski definition) is 2. The largest absolute Gasteiger partial charge is 0.310 e. The average Bonchev–Trinajstić information content (AvgIpc) is 3.31. The first-order valence-electron chi connectivity index (χ1n) is 7.97. The highest BCUT2D eigenvalue weighted by molar-refractivity contribution is 7.90. The molecule has 7 nitrogen and oxygen atoms in total. The number of hydrogen-bond acceptors (Lipinski definition) is 5. The fourth-order valence-electron chi connectivity index (χ4n) is 3.55. The molecule has 3 atom stereocenters. The number of benzene rings is 1. The Balaban J connectivity index is 1.51. The van der Waals surface area contributed by atoms with Crippen LogP contribution in [0.1, 0.15) is 19.3 Å².